The second kappa shape index (κ2) is 8.49. The molecule has 1 N–H and O–H groups in total. The van der Waals surface area contributed by atoms with Crippen LogP contribution in [-0.2, 0) is 0 Å². The minimum absolute atomic E-state index is 0.107. The summed E-state index contributed by atoms with van der Waals surface area (Å²) in [4.78, 5) is 39.0. The van der Waals surface area contributed by atoms with Crippen LogP contribution in [0, 0.1) is 0 Å². The Morgan fingerprint density at radius 1 is 0.935 bits per heavy atom. The lowest BCUT2D eigenvalue weighted by molar-refractivity contribution is 0.0924. The van der Waals surface area contributed by atoms with Crippen molar-refractivity contribution in [3.8, 4) is 0 Å². The van der Waals surface area contributed by atoms with Crippen molar-refractivity contribution < 1.29 is 23.2 Å². The van der Waals surface area contributed by atoms with Crippen LogP contribution in [0.5, 0.6) is 0 Å². The molecule has 0 radical (unpaired) electrons. The predicted molar refractivity (Wildman–Crippen MR) is 115 cm³/mol. The second-order valence-electron chi connectivity index (χ2n) is 6.51. The largest absolute Gasteiger partial charge is 0.322 e. The average Bonchev–Trinajstić information content (AvgIpc) is 2.99. The molecule has 31 heavy (non-hydrogen) atoms. The van der Waals surface area contributed by atoms with Gasteiger partial charge in [-0.05, 0) is 54.6 Å². The van der Waals surface area contributed by atoms with Crippen molar-refractivity contribution in [3.63, 3.8) is 0 Å². The van der Waals surface area contributed by atoms with E-state index in [1.165, 1.54) is 42.5 Å². The molecule has 3 aromatic carbocycles. The number of alkyl halides is 2. The molecule has 1 heterocycles. The van der Waals surface area contributed by atoms with Crippen LogP contribution in [0.25, 0.3) is 0 Å². The minimum Gasteiger partial charge on any atom is -0.322 e. The molecule has 1 aliphatic heterocycles. The summed E-state index contributed by atoms with van der Waals surface area (Å²) in [5.74, 6) is -3.94. The molecule has 0 saturated heterocycles. The third kappa shape index (κ3) is 4.17. The highest BCUT2D eigenvalue weighted by Gasteiger charge is 2.37. The van der Waals surface area contributed by atoms with Gasteiger partial charge in [0.1, 0.15) is 0 Å². The Balaban J connectivity index is 1.51. The van der Waals surface area contributed by atoms with E-state index in [1.54, 1.807) is 24.3 Å². The van der Waals surface area contributed by atoms with Crippen LogP contribution in [-0.4, -0.2) is 23.5 Å². The van der Waals surface area contributed by atoms with Crippen LogP contribution < -0.4 is 10.2 Å². The molecular weight excluding hydrogens is 446 g/mol. The number of anilines is 2. The summed E-state index contributed by atoms with van der Waals surface area (Å²) >= 11 is 6.70. The molecule has 5 nitrogen and oxygen atoms in total. The van der Waals surface area contributed by atoms with Crippen molar-refractivity contribution in [1.29, 1.82) is 0 Å². The SMILES string of the molecule is O=C(Nc1ccc(N2C(=O)c3ccccc3C2=O)c(Cl)c1)c1ccc(SC(F)F)cc1. The maximum atomic E-state index is 12.6. The molecule has 0 aromatic heterocycles. The third-order valence-corrected chi connectivity index (χ3v) is 5.61. The molecule has 9 heteroatoms. The zero-order chi connectivity index (χ0) is 22.1. The number of amides is 3. The van der Waals surface area contributed by atoms with Crippen LogP contribution in [0.3, 0.4) is 0 Å². The topological polar surface area (TPSA) is 66.5 Å². The van der Waals surface area contributed by atoms with Gasteiger partial charge in [0.2, 0.25) is 0 Å². The minimum atomic E-state index is -2.54. The fraction of sp³-hybridized carbons (Fsp3) is 0.0455. The lowest BCUT2D eigenvalue weighted by Crippen LogP contribution is -2.29. The van der Waals surface area contributed by atoms with E-state index in [1.807, 2.05) is 0 Å². The van der Waals surface area contributed by atoms with E-state index in [0.717, 1.165) is 4.90 Å². The number of thioether (sulfide) groups is 1. The Hall–Kier alpha value is -3.23. The molecule has 3 aromatic rings. The first-order chi connectivity index (χ1) is 14.8. The van der Waals surface area contributed by atoms with Crippen LogP contribution >= 0.6 is 23.4 Å². The van der Waals surface area contributed by atoms with Gasteiger partial charge >= 0.3 is 0 Å². The average molecular weight is 459 g/mol. The highest BCUT2D eigenvalue weighted by Crippen LogP contribution is 2.35. The molecule has 0 aliphatic carbocycles. The summed E-state index contributed by atoms with van der Waals surface area (Å²) in [5.41, 5.74) is 1.43. The van der Waals surface area contributed by atoms with Gasteiger partial charge in [-0.2, -0.15) is 8.78 Å². The molecule has 1 aliphatic rings. The number of nitrogens with zero attached hydrogens (tertiary/aromatic N) is 1. The number of carbonyl (C=O) groups is 3. The Kier molecular flexibility index (Phi) is 5.75. The van der Waals surface area contributed by atoms with E-state index in [0.29, 0.717) is 33.5 Å². The molecule has 0 unspecified atom stereocenters. The molecule has 3 amide bonds. The number of carbonyl (C=O) groups excluding carboxylic acids is 3. The van der Waals surface area contributed by atoms with Crippen LogP contribution in [0.4, 0.5) is 20.2 Å². The van der Waals surface area contributed by atoms with Crippen molar-refractivity contribution in [2.45, 2.75) is 10.7 Å². The van der Waals surface area contributed by atoms with Crippen molar-refractivity contribution in [3.05, 3.63) is 88.4 Å². The van der Waals surface area contributed by atoms with Gasteiger partial charge in [0.15, 0.2) is 0 Å². The molecule has 4 rings (SSSR count). The Morgan fingerprint density at radius 3 is 2.10 bits per heavy atom. The number of hydrogen-bond acceptors (Lipinski definition) is 4. The molecule has 0 spiro atoms. The van der Waals surface area contributed by atoms with Crippen LogP contribution in [0.1, 0.15) is 31.1 Å². The van der Waals surface area contributed by atoms with E-state index in [4.69, 9.17) is 11.6 Å². The number of imide groups is 1. The number of fused-ring (bicyclic) bond motifs is 1. The first-order valence-corrected chi connectivity index (χ1v) is 10.2. The van der Waals surface area contributed by atoms with Gasteiger partial charge in [-0.25, -0.2) is 4.90 Å². The third-order valence-electron chi connectivity index (χ3n) is 4.58. The lowest BCUT2D eigenvalue weighted by Gasteiger charge is -2.16. The van der Waals surface area contributed by atoms with E-state index in [9.17, 15) is 23.2 Å². The zero-order valence-electron chi connectivity index (χ0n) is 15.6. The summed E-state index contributed by atoms with van der Waals surface area (Å²) in [6, 6.07) is 16.7. The van der Waals surface area contributed by atoms with E-state index >= 15 is 0 Å². The van der Waals surface area contributed by atoms with Gasteiger partial charge in [0.25, 0.3) is 23.5 Å². The number of benzene rings is 3. The Bertz CT molecular complexity index is 1170. The van der Waals surface area contributed by atoms with E-state index < -0.39 is 23.5 Å². The summed E-state index contributed by atoms with van der Waals surface area (Å²) in [6.07, 6.45) is 0. The Labute approximate surface area is 185 Å². The highest BCUT2D eigenvalue weighted by molar-refractivity contribution is 7.99. The monoisotopic (exact) mass is 458 g/mol. The predicted octanol–water partition coefficient (Wildman–Crippen LogP) is 5.71. The summed E-state index contributed by atoms with van der Waals surface area (Å²) in [7, 11) is 0. The normalized spacial score (nSPS) is 13.0. The number of nitrogens with one attached hydrogen (secondary N) is 1. The maximum Gasteiger partial charge on any atom is 0.288 e. The van der Waals surface area contributed by atoms with Gasteiger partial charge in [0.05, 0.1) is 21.8 Å². The molecule has 0 saturated carbocycles. The number of rotatable bonds is 5. The highest BCUT2D eigenvalue weighted by atomic mass is 35.5. The maximum absolute atomic E-state index is 12.6. The summed E-state index contributed by atoms with van der Waals surface area (Å²) in [5, 5.41) is 2.76. The van der Waals surface area contributed by atoms with Crippen molar-refractivity contribution >= 4 is 52.5 Å². The van der Waals surface area contributed by atoms with E-state index in [-0.39, 0.29) is 16.3 Å². The first kappa shape index (κ1) is 21.0. The lowest BCUT2D eigenvalue weighted by atomic mass is 10.1. The molecule has 0 fully saturated rings. The fourth-order valence-corrected chi connectivity index (χ4v) is 3.93. The Morgan fingerprint density at radius 2 is 1.55 bits per heavy atom. The zero-order valence-corrected chi connectivity index (χ0v) is 17.2. The second-order valence-corrected chi connectivity index (χ2v) is 7.99. The fourth-order valence-electron chi connectivity index (χ4n) is 3.17. The number of hydrogen-bond donors (Lipinski definition) is 1. The molecule has 0 atom stereocenters. The summed E-state index contributed by atoms with van der Waals surface area (Å²) < 4.78 is 24.8. The van der Waals surface area contributed by atoms with Crippen molar-refractivity contribution in [2.24, 2.45) is 0 Å². The molecule has 156 valence electrons. The van der Waals surface area contributed by atoms with Gasteiger partial charge < -0.3 is 5.32 Å². The van der Waals surface area contributed by atoms with Crippen molar-refractivity contribution in [2.75, 3.05) is 10.2 Å². The quantitative estimate of drug-likeness (QED) is 0.393. The van der Waals surface area contributed by atoms with Gasteiger partial charge in [0, 0.05) is 16.1 Å². The first-order valence-electron chi connectivity index (χ1n) is 8.99. The van der Waals surface area contributed by atoms with Crippen LogP contribution in [0.15, 0.2) is 71.6 Å². The summed E-state index contributed by atoms with van der Waals surface area (Å²) in [6.45, 7) is 0. The van der Waals surface area contributed by atoms with E-state index in [2.05, 4.69) is 5.32 Å². The molecule has 0 bridgehead atoms. The van der Waals surface area contributed by atoms with Gasteiger partial charge in [-0.3, -0.25) is 14.4 Å². The smallest absolute Gasteiger partial charge is 0.288 e. The van der Waals surface area contributed by atoms with Gasteiger partial charge in [-0.15, -0.1) is 0 Å². The van der Waals surface area contributed by atoms with Gasteiger partial charge in [-0.1, -0.05) is 35.5 Å². The van der Waals surface area contributed by atoms with Crippen LogP contribution in [0.2, 0.25) is 5.02 Å². The number of halogens is 3. The van der Waals surface area contributed by atoms with Crippen molar-refractivity contribution in [1.82, 2.24) is 0 Å². The molecular formula is C22H13ClF2N2O3S. The standard InChI is InChI=1S/C22H13ClF2N2O3S/c23-17-11-13(26-19(28)12-5-8-14(9-6-12)31-22(24)25)7-10-18(17)27-20(29)15-3-1-2-4-16(15)21(27)30/h1-11,22H,(H,26,28).